The smallest absolute Gasteiger partial charge is 0.253 e. The first-order valence-corrected chi connectivity index (χ1v) is 12.6. The zero-order valence-electron chi connectivity index (χ0n) is 15.6. The van der Waals surface area contributed by atoms with Gasteiger partial charge in [0, 0.05) is 40.1 Å². The van der Waals surface area contributed by atoms with Crippen LogP contribution in [0.2, 0.25) is 5.02 Å². The monoisotopic (exact) mass is 477 g/mol. The summed E-state index contributed by atoms with van der Waals surface area (Å²) in [4.78, 5) is 19.6. The molecule has 0 spiro atoms. The van der Waals surface area contributed by atoms with Gasteiger partial charge in [0.2, 0.25) is 5.91 Å². The van der Waals surface area contributed by atoms with Crippen LogP contribution in [-0.4, -0.2) is 48.1 Å². The van der Waals surface area contributed by atoms with Gasteiger partial charge in [-0.25, -0.2) is 8.42 Å². The van der Waals surface area contributed by atoms with Gasteiger partial charge in [-0.2, -0.15) is 4.31 Å². The maximum atomic E-state index is 13.1. The van der Waals surface area contributed by atoms with E-state index >= 15 is 0 Å². The fraction of sp³-hybridized carbons (Fsp3) is 0.200. The van der Waals surface area contributed by atoms with E-state index in [0.29, 0.717) is 18.1 Å². The second-order valence-electron chi connectivity index (χ2n) is 7.03. The Morgan fingerprint density at radius 1 is 1.03 bits per heavy atom. The molecule has 0 bridgehead atoms. The van der Waals surface area contributed by atoms with E-state index in [1.807, 2.05) is 12.3 Å². The minimum absolute atomic E-state index is 0.149. The number of pyridine rings is 1. The molecule has 0 atom stereocenters. The highest BCUT2D eigenvalue weighted by molar-refractivity contribution is 7.91. The number of aromatic nitrogens is 1. The maximum absolute atomic E-state index is 13.1. The number of piperazine rings is 1. The van der Waals surface area contributed by atoms with Gasteiger partial charge in [0.05, 0.1) is 17.8 Å². The first-order chi connectivity index (χ1) is 14.4. The summed E-state index contributed by atoms with van der Waals surface area (Å²) < 4.78 is 29.6. The van der Waals surface area contributed by atoms with E-state index < -0.39 is 10.0 Å². The van der Waals surface area contributed by atoms with Crippen LogP contribution in [-0.2, 0) is 21.4 Å². The van der Waals surface area contributed by atoms with Crippen molar-refractivity contribution in [3.63, 3.8) is 0 Å². The van der Waals surface area contributed by atoms with Crippen LogP contribution in [0.25, 0.3) is 20.2 Å². The summed E-state index contributed by atoms with van der Waals surface area (Å²) in [6, 6.07) is 10.9. The second kappa shape index (κ2) is 7.58. The number of hydrogen-bond acceptors (Lipinski definition) is 6. The SMILES string of the molecule is O=C1CN(S(=O)(=O)c2cc3ccc(Cl)cc3s2)CCN1Cc1cc2ccncc2s1. The molecule has 154 valence electrons. The molecule has 4 heterocycles. The zero-order valence-corrected chi connectivity index (χ0v) is 18.8. The van der Waals surface area contributed by atoms with E-state index in [-0.39, 0.29) is 23.2 Å². The van der Waals surface area contributed by atoms with Crippen LogP contribution >= 0.6 is 34.3 Å². The number of halogens is 1. The number of carbonyl (C=O) groups excluding carboxylic acids is 1. The van der Waals surface area contributed by atoms with Crippen molar-refractivity contribution in [2.24, 2.45) is 0 Å². The molecule has 0 saturated carbocycles. The molecule has 30 heavy (non-hydrogen) atoms. The minimum Gasteiger partial charge on any atom is -0.335 e. The third kappa shape index (κ3) is 3.61. The van der Waals surface area contributed by atoms with E-state index in [1.165, 1.54) is 15.6 Å². The van der Waals surface area contributed by atoms with Gasteiger partial charge < -0.3 is 4.90 Å². The Hall–Kier alpha value is -2.04. The van der Waals surface area contributed by atoms with Crippen LogP contribution in [0.4, 0.5) is 0 Å². The van der Waals surface area contributed by atoms with E-state index in [1.54, 1.807) is 46.7 Å². The Morgan fingerprint density at radius 3 is 2.67 bits per heavy atom. The lowest BCUT2D eigenvalue weighted by Crippen LogP contribution is -2.51. The number of carbonyl (C=O) groups is 1. The number of fused-ring (bicyclic) bond motifs is 2. The van der Waals surface area contributed by atoms with Crippen molar-refractivity contribution in [3.8, 4) is 0 Å². The summed E-state index contributed by atoms with van der Waals surface area (Å²) in [6.07, 6.45) is 3.56. The maximum Gasteiger partial charge on any atom is 0.253 e. The molecule has 0 N–H and O–H groups in total. The fourth-order valence-electron chi connectivity index (χ4n) is 3.50. The highest BCUT2D eigenvalue weighted by Crippen LogP contribution is 2.33. The van der Waals surface area contributed by atoms with E-state index in [9.17, 15) is 13.2 Å². The van der Waals surface area contributed by atoms with E-state index in [2.05, 4.69) is 11.1 Å². The molecular formula is C20H16ClN3O3S3. The second-order valence-corrected chi connectivity index (χ2v) is 11.9. The number of benzene rings is 1. The lowest BCUT2D eigenvalue weighted by Gasteiger charge is -2.33. The van der Waals surface area contributed by atoms with Crippen LogP contribution in [0, 0.1) is 0 Å². The first-order valence-electron chi connectivity index (χ1n) is 9.20. The molecule has 1 fully saturated rings. The van der Waals surface area contributed by atoms with Gasteiger partial charge in [0.25, 0.3) is 10.0 Å². The normalized spacial score (nSPS) is 16.0. The predicted octanol–water partition coefficient (Wildman–Crippen LogP) is 4.20. The number of thiophene rings is 2. The Bertz CT molecular complexity index is 1350. The molecule has 1 amide bonds. The summed E-state index contributed by atoms with van der Waals surface area (Å²) in [7, 11) is -3.73. The number of nitrogens with zero attached hydrogens (tertiary/aromatic N) is 3. The molecule has 4 aromatic rings. The molecule has 1 saturated heterocycles. The van der Waals surface area contributed by atoms with E-state index in [4.69, 9.17) is 11.6 Å². The van der Waals surface area contributed by atoms with Crippen molar-refractivity contribution in [1.82, 2.24) is 14.2 Å². The number of amides is 1. The molecule has 0 aliphatic carbocycles. The third-order valence-electron chi connectivity index (χ3n) is 5.06. The number of hydrogen-bond donors (Lipinski definition) is 0. The lowest BCUT2D eigenvalue weighted by atomic mass is 10.3. The summed E-state index contributed by atoms with van der Waals surface area (Å²) in [5.74, 6) is -0.190. The fourth-order valence-corrected chi connectivity index (χ4v) is 7.76. The third-order valence-corrected chi connectivity index (χ3v) is 9.76. The summed E-state index contributed by atoms with van der Waals surface area (Å²) in [5.41, 5.74) is 0. The van der Waals surface area contributed by atoms with E-state index in [0.717, 1.165) is 25.0 Å². The van der Waals surface area contributed by atoms with Gasteiger partial charge in [-0.1, -0.05) is 17.7 Å². The molecule has 1 aromatic carbocycles. The van der Waals surface area contributed by atoms with Gasteiger partial charge in [-0.3, -0.25) is 9.78 Å². The highest BCUT2D eigenvalue weighted by atomic mass is 35.5. The van der Waals surface area contributed by atoms with Crippen LogP contribution < -0.4 is 0 Å². The van der Waals surface area contributed by atoms with Crippen LogP contribution in [0.15, 0.2) is 53.0 Å². The van der Waals surface area contributed by atoms with Crippen molar-refractivity contribution in [1.29, 1.82) is 0 Å². The Kier molecular flexibility index (Phi) is 5.03. The molecule has 0 radical (unpaired) electrons. The zero-order chi connectivity index (χ0) is 20.9. The molecule has 1 aliphatic rings. The molecule has 3 aromatic heterocycles. The largest absolute Gasteiger partial charge is 0.335 e. The number of sulfonamides is 1. The Labute approximate surface area is 186 Å². The van der Waals surface area contributed by atoms with Gasteiger partial charge in [-0.15, -0.1) is 22.7 Å². The van der Waals surface area contributed by atoms with Crippen LogP contribution in [0.5, 0.6) is 0 Å². The van der Waals surface area contributed by atoms with Crippen LogP contribution in [0.1, 0.15) is 4.88 Å². The van der Waals surface area contributed by atoms with Gasteiger partial charge >= 0.3 is 0 Å². The van der Waals surface area contributed by atoms with Gasteiger partial charge in [0.1, 0.15) is 4.21 Å². The lowest BCUT2D eigenvalue weighted by molar-refractivity contribution is -0.134. The first kappa shape index (κ1) is 19.9. The molecule has 10 heteroatoms. The highest BCUT2D eigenvalue weighted by Gasteiger charge is 2.34. The molecule has 0 unspecified atom stereocenters. The summed E-state index contributed by atoms with van der Waals surface area (Å²) in [6.45, 7) is 0.966. The van der Waals surface area contributed by atoms with Gasteiger partial charge in [0.15, 0.2) is 0 Å². The molecule has 5 rings (SSSR count). The Morgan fingerprint density at radius 2 is 1.87 bits per heavy atom. The average Bonchev–Trinajstić information content (AvgIpc) is 3.32. The molecular weight excluding hydrogens is 462 g/mol. The molecule has 1 aliphatic heterocycles. The predicted molar refractivity (Wildman–Crippen MR) is 121 cm³/mol. The number of rotatable bonds is 4. The minimum atomic E-state index is -3.73. The van der Waals surface area contributed by atoms with Gasteiger partial charge in [-0.05, 0) is 41.1 Å². The summed E-state index contributed by atoms with van der Waals surface area (Å²) >= 11 is 8.79. The van der Waals surface area contributed by atoms with Crippen LogP contribution in [0.3, 0.4) is 0 Å². The Balaban J connectivity index is 1.33. The topological polar surface area (TPSA) is 70.6 Å². The van der Waals surface area contributed by atoms with Crippen molar-refractivity contribution in [3.05, 3.63) is 58.7 Å². The summed E-state index contributed by atoms with van der Waals surface area (Å²) in [5, 5.41) is 2.49. The van der Waals surface area contributed by atoms with Crippen molar-refractivity contribution >= 4 is 70.4 Å². The quantitative estimate of drug-likeness (QED) is 0.441. The standard InChI is InChI=1S/C20H16ClN3O3S3/c21-15-2-1-13-8-20(29-17(13)9-15)30(26,27)24-6-5-23(19(25)12-24)11-16-7-14-3-4-22-10-18(14)28-16/h1-4,7-10H,5-6,11-12H2. The molecule has 6 nitrogen and oxygen atoms in total. The van der Waals surface area contributed by atoms with Crippen molar-refractivity contribution in [2.75, 3.05) is 19.6 Å². The van der Waals surface area contributed by atoms with Crippen molar-refractivity contribution in [2.45, 2.75) is 10.8 Å². The van der Waals surface area contributed by atoms with Crippen molar-refractivity contribution < 1.29 is 13.2 Å². The average molecular weight is 478 g/mol.